The van der Waals surface area contributed by atoms with Gasteiger partial charge >= 0.3 is 0 Å². The highest BCUT2D eigenvalue weighted by atomic mass is 16.3. The number of hydrogen-bond acceptors (Lipinski definition) is 3. The van der Waals surface area contributed by atoms with Gasteiger partial charge in [-0.3, -0.25) is 0 Å². The number of hydrogen-bond donors (Lipinski definition) is 3. The fourth-order valence-electron chi connectivity index (χ4n) is 1.23. The summed E-state index contributed by atoms with van der Waals surface area (Å²) in [6.07, 6.45) is 0. The summed E-state index contributed by atoms with van der Waals surface area (Å²) in [7, 11) is 1.86. The summed E-state index contributed by atoms with van der Waals surface area (Å²) in [5, 5.41) is 12.6. The van der Waals surface area contributed by atoms with E-state index >= 15 is 0 Å². The number of phenolic OH excluding ortho intramolecular Hbond substituents is 1. The number of nitrogens with two attached hydrogens (primary N) is 1. The molecule has 0 aliphatic carbocycles. The molecule has 1 aromatic rings. The molecular formula is C10H16N2O. The molecule has 0 fully saturated rings. The minimum absolute atomic E-state index is 0.145. The zero-order chi connectivity index (χ0) is 9.84. The summed E-state index contributed by atoms with van der Waals surface area (Å²) < 4.78 is 0. The SMILES string of the molecule is CNC(C)c1cc(CN)ccc1O. The standard InChI is InChI=1S/C10H16N2O/c1-7(12-2)9-5-8(6-11)3-4-10(9)13/h3-5,7,12-13H,6,11H2,1-2H3. The molecule has 0 spiro atoms. The third kappa shape index (κ3) is 2.20. The van der Waals surface area contributed by atoms with Gasteiger partial charge in [-0.05, 0) is 31.7 Å². The van der Waals surface area contributed by atoms with Crippen molar-refractivity contribution < 1.29 is 5.11 Å². The number of nitrogens with one attached hydrogen (secondary N) is 1. The first-order valence-corrected chi connectivity index (χ1v) is 4.38. The Morgan fingerprint density at radius 2 is 2.23 bits per heavy atom. The van der Waals surface area contributed by atoms with Crippen molar-refractivity contribution in [3.63, 3.8) is 0 Å². The molecule has 13 heavy (non-hydrogen) atoms. The van der Waals surface area contributed by atoms with Gasteiger partial charge in [0.05, 0.1) is 0 Å². The molecule has 1 rings (SSSR count). The van der Waals surface area contributed by atoms with Crippen molar-refractivity contribution in [1.82, 2.24) is 5.32 Å². The Hall–Kier alpha value is -1.06. The van der Waals surface area contributed by atoms with Crippen molar-refractivity contribution in [1.29, 1.82) is 0 Å². The second-order valence-corrected chi connectivity index (χ2v) is 3.11. The molecule has 1 atom stereocenters. The first-order chi connectivity index (χ1) is 6.19. The fraction of sp³-hybridized carbons (Fsp3) is 0.400. The Morgan fingerprint density at radius 3 is 2.77 bits per heavy atom. The van der Waals surface area contributed by atoms with Gasteiger partial charge in [0.1, 0.15) is 5.75 Å². The van der Waals surface area contributed by atoms with Gasteiger partial charge in [0.2, 0.25) is 0 Å². The quantitative estimate of drug-likeness (QED) is 0.653. The molecule has 3 heteroatoms. The monoisotopic (exact) mass is 180 g/mol. The van der Waals surface area contributed by atoms with E-state index in [-0.39, 0.29) is 6.04 Å². The first-order valence-electron chi connectivity index (χ1n) is 4.38. The van der Waals surface area contributed by atoms with Crippen LogP contribution in [0.25, 0.3) is 0 Å². The summed E-state index contributed by atoms with van der Waals surface area (Å²) >= 11 is 0. The first kappa shape index (κ1) is 10.0. The normalized spacial score (nSPS) is 12.8. The lowest BCUT2D eigenvalue weighted by Crippen LogP contribution is -2.13. The maximum absolute atomic E-state index is 9.55. The molecule has 0 radical (unpaired) electrons. The van der Waals surface area contributed by atoms with E-state index in [9.17, 15) is 5.11 Å². The Kier molecular flexibility index (Phi) is 3.28. The van der Waals surface area contributed by atoms with Crippen molar-refractivity contribution >= 4 is 0 Å². The number of rotatable bonds is 3. The molecule has 1 unspecified atom stereocenters. The molecule has 0 amide bonds. The van der Waals surface area contributed by atoms with Crippen LogP contribution in [0, 0.1) is 0 Å². The van der Waals surface area contributed by atoms with Crippen molar-refractivity contribution in [3.8, 4) is 5.75 Å². The van der Waals surface area contributed by atoms with Crippen LogP contribution in [0.4, 0.5) is 0 Å². The van der Waals surface area contributed by atoms with Crippen LogP contribution in [0.5, 0.6) is 5.75 Å². The van der Waals surface area contributed by atoms with E-state index in [4.69, 9.17) is 5.73 Å². The summed E-state index contributed by atoms with van der Waals surface area (Å²) in [4.78, 5) is 0. The maximum Gasteiger partial charge on any atom is 0.120 e. The fourth-order valence-corrected chi connectivity index (χ4v) is 1.23. The predicted molar refractivity (Wildman–Crippen MR) is 53.5 cm³/mol. The molecule has 4 N–H and O–H groups in total. The van der Waals surface area contributed by atoms with Crippen LogP contribution in [-0.4, -0.2) is 12.2 Å². The molecule has 72 valence electrons. The van der Waals surface area contributed by atoms with Gasteiger partial charge in [0.25, 0.3) is 0 Å². The highest BCUT2D eigenvalue weighted by molar-refractivity contribution is 5.38. The highest BCUT2D eigenvalue weighted by Gasteiger charge is 2.08. The van der Waals surface area contributed by atoms with E-state index in [2.05, 4.69) is 5.32 Å². The topological polar surface area (TPSA) is 58.3 Å². The molecular weight excluding hydrogens is 164 g/mol. The highest BCUT2D eigenvalue weighted by Crippen LogP contribution is 2.24. The Labute approximate surface area is 78.6 Å². The van der Waals surface area contributed by atoms with E-state index in [0.29, 0.717) is 12.3 Å². The van der Waals surface area contributed by atoms with Gasteiger partial charge in [-0.1, -0.05) is 6.07 Å². The van der Waals surface area contributed by atoms with E-state index in [1.807, 2.05) is 26.1 Å². The third-order valence-corrected chi connectivity index (χ3v) is 2.23. The number of benzene rings is 1. The van der Waals surface area contributed by atoms with Crippen molar-refractivity contribution in [2.45, 2.75) is 19.5 Å². The van der Waals surface area contributed by atoms with Gasteiger partial charge in [0, 0.05) is 18.2 Å². The van der Waals surface area contributed by atoms with Crippen LogP contribution in [0.2, 0.25) is 0 Å². The van der Waals surface area contributed by atoms with Crippen LogP contribution in [-0.2, 0) is 6.54 Å². The molecule has 3 nitrogen and oxygen atoms in total. The predicted octanol–water partition coefficient (Wildman–Crippen LogP) is 1.13. The average molecular weight is 180 g/mol. The van der Waals surface area contributed by atoms with Gasteiger partial charge in [-0.2, -0.15) is 0 Å². The van der Waals surface area contributed by atoms with Gasteiger partial charge < -0.3 is 16.2 Å². The molecule has 0 bridgehead atoms. The molecule has 0 aliphatic rings. The zero-order valence-electron chi connectivity index (χ0n) is 8.04. The van der Waals surface area contributed by atoms with Crippen LogP contribution < -0.4 is 11.1 Å². The number of phenols is 1. The summed E-state index contributed by atoms with van der Waals surface area (Å²) in [6.45, 7) is 2.50. The van der Waals surface area contributed by atoms with Crippen LogP contribution in [0.3, 0.4) is 0 Å². The van der Waals surface area contributed by atoms with Crippen LogP contribution in [0.15, 0.2) is 18.2 Å². The lowest BCUT2D eigenvalue weighted by molar-refractivity contribution is 0.457. The van der Waals surface area contributed by atoms with Crippen molar-refractivity contribution in [2.75, 3.05) is 7.05 Å². The lowest BCUT2D eigenvalue weighted by atomic mass is 10.0. The minimum Gasteiger partial charge on any atom is -0.508 e. The Morgan fingerprint density at radius 1 is 1.54 bits per heavy atom. The Balaban J connectivity index is 3.03. The van der Waals surface area contributed by atoms with Gasteiger partial charge in [0.15, 0.2) is 0 Å². The van der Waals surface area contributed by atoms with Crippen molar-refractivity contribution in [3.05, 3.63) is 29.3 Å². The van der Waals surface area contributed by atoms with E-state index in [1.54, 1.807) is 6.07 Å². The van der Waals surface area contributed by atoms with E-state index < -0.39 is 0 Å². The summed E-state index contributed by atoms with van der Waals surface area (Å²) in [5.74, 6) is 0.319. The molecule has 0 aromatic heterocycles. The molecule has 0 saturated heterocycles. The number of aromatic hydroxyl groups is 1. The third-order valence-electron chi connectivity index (χ3n) is 2.23. The average Bonchev–Trinajstić information content (AvgIpc) is 2.17. The van der Waals surface area contributed by atoms with Crippen LogP contribution >= 0.6 is 0 Å². The lowest BCUT2D eigenvalue weighted by Gasteiger charge is -2.13. The second-order valence-electron chi connectivity index (χ2n) is 3.11. The molecule has 1 aromatic carbocycles. The maximum atomic E-state index is 9.55. The summed E-state index contributed by atoms with van der Waals surface area (Å²) in [6, 6.07) is 5.59. The van der Waals surface area contributed by atoms with Crippen molar-refractivity contribution in [2.24, 2.45) is 5.73 Å². The van der Waals surface area contributed by atoms with Gasteiger partial charge in [-0.25, -0.2) is 0 Å². The molecule has 0 aliphatic heterocycles. The Bertz CT molecular complexity index is 286. The van der Waals surface area contributed by atoms with E-state index in [1.165, 1.54) is 0 Å². The van der Waals surface area contributed by atoms with Crippen LogP contribution in [0.1, 0.15) is 24.1 Å². The smallest absolute Gasteiger partial charge is 0.120 e. The second kappa shape index (κ2) is 4.25. The minimum atomic E-state index is 0.145. The zero-order valence-corrected chi connectivity index (χ0v) is 8.04. The van der Waals surface area contributed by atoms with Gasteiger partial charge in [-0.15, -0.1) is 0 Å². The largest absolute Gasteiger partial charge is 0.508 e. The van der Waals surface area contributed by atoms with E-state index in [0.717, 1.165) is 11.1 Å². The molecule has 0 saturated carbocycles. The summed E-state index contributed by atoms with van der Waals surface area (Å²) in [5.41, 5.74) is 7.44. The molecule has 0 heterocycles.